The van der Waals surface area contributed by atoms with Crippen molar-refractivity contribution in [2.45, 2.75) is 38.6 Å². The molecule has 0 spiro atoms. The summed E-state index contributed by atoms with van der Waals surface area (Å²) in [6.45, 7) is 3.42. The highest BCUT2D eigenvalue weighted by Gasteiger charge is 2.23. The normalized spacial score (nSPS) is 20.3. The molecule has 2 N–H and O–H groups in total. The van der Waals surface area contributed by atoms with Crippen molar-refractivity contribution >= 4 is 11.8 Å². The van der Waals surface area contributed by atoms with Gasteiger partial charge in [-0.15, -0.1) is 0 Å². The van der Waals surface area contributed by atoms with Crippen molar-refractivity contribution in [3.05, 3.63) is 0 Å². The van der Waals surface area contributed by atoms with E-state index in [2.05, 4.69) is 17.6 Å². The molecule has 1 heterocycles. The number of unbranched alkanes of at least 4 members (excludes halogenated alkanes) is 1. The third-order valence-electron chi connectivity index (χ3n) is 2.50. The third-order valence-corrected chi connectivity index (χ3v) is 2.50. The molecule has 92 valence electrons. The lowest BCUT2D eigenvalue weighted by molar-refractivity contribution is -0.132. The smallest absolute Gasteiger partial charge is 0.246 e. The summed E-state index contributed by atoms with van der Waals surface area (Å²) in [7, 11) is 0. The van der Waals surface area contributed by atoms with E-state index >= 15 is 0 Å². The Bertz CT molecular complexity index is 243. The molecule has 0 radical (unpaired) electrons. The molecule has 0 saturated carbocycles. The van der Waals surface area contributed by atoms with Crippen LogP contribution in [-0.2, 0) is 14.3 Å². The Kier molecular flexibility index (Phi) is 5.85. The van der Waals surface area contributed by atoms with Crippen LogP contribution in [0, 0.1) is 0 Å². The van der Waals surface area contributed by atoms with Crippen LogP contribution in [0.25, 0.3) is 0 Å². The predicted molar refractivity (Wildman–Crippen MR) is 59.9 cm³/mol. The quantitative estimate of drug-likeness (QED) is 0.638. The van der Waals surface area contributed by atoms with E-state index in [0.29, 0.717) is 19.6 Å². The van der Waals surface area contributed by atoms with Crippen LogP contribution >= 0.6 is 0 Å². The Labute approximate surface area is 95.9 Å². The van der Waals surface area contributed by atoms with E-state index in [9.17, 15) is 9.59 Å². The molecule has 0 aliphatic carbocycles. The van der Waals surface area contributed by atoms with E-state index in [1.54, 1.807) is 0 Å². The van der Waals surface area contributed by atoms with E-state index in [1.165, 1.54) is 0 Å². The Morgan fingerprint density at radius 2 is 2.44 bits per heavy atom. The standard InChI is InChI=1S/C11H20N2O3/c1-2-3-7-16-8-10(14)13-9-5-4-6-12-11(9)15/h9H,2-8H2,1H3,(H,12,15)(H,13,14)/t9-/m0/s1. The van der Waals surface area contributed by atoms with Crippen LogP contribution in [0.5, 0.6) is 0 Å². The maximum absolute atomic E-state index is 11.4. The van der Waals surface area contributed by atoms with Gasteiger partial charge in [0.15, 0.2) is 0 Å². The number of nitrogens with one attached hydrogen (secondary N) is 2. The summed E-state index contributed by atoms with van der Waals surface area (Å²) in [5, 5.41) is 5.39. The van der Waals surface area contributed by atoms with E-state index in [1.807, 2.05) is 0 Å². The molecule has 5 heteroatoms. The van der Waals surface area contributed by atoms with Crippen LogP contribution in [0.1, 0.15) is 32.6 Å². The molecule has 1 atom stereocenters. The van der Waals surface area contributed by atoms with Crippen LogP contribution in [0.15, 0.2) is 0 Å². The van der Waals surface area contributed by atoms with Crippen LogP contribution in [0.2, 0.25) is 0 Å². The van der Waals surface area contributed by atoms with Gasteiger partial charge in [-0.25, -0.2) is 0 Å². The largest absolute Gasteiger partial charge is 0.372 e. The first-order chi connectivity index (χ1) is 7.74. The molecular formula is C11H20N2O3. The molecule has 1 fully saturated rings. The molecule has 1 aliphatic heterocycles. The minimum absolute atomic E-state index is 0.0454. The fraction of sp³-hybridized carbons (Fsp3) is 0.818. The Morgan fingerprint density at radius 1 is 1.62 bits per heavy atom. The van der Waals surface area contributed by atoms with Crippen molar-refractivity contribution in [1.82, 2.24) is 10.6 Å². The minimum Gasteiger partial charge on any atom is -0.372 e. The number of piperidine rings is 1. The number of ether oxygens (including phenoxy) is 1. The highest BCUT2D eigenvalue weighted by atomic mass is 16.5. The SMILES string of the molecule is CCCCOCC(=O)N[C@H]1CCCNC1=O. The first-order valence-electron chi connectivity index (χ1n) is 5.89. The van der Waals surface area contributed by atoms with Gasteiger partial charge in [-0.1, -0.05) is 13.3 Å². The van der Waals surface area contributed by atoms with Crippen molar-refractivity contribution in [2.24, 2.45) is 0 Å². The van der Waals surface area contributed by atoms with Gasteiger partial charge in [-0.05, 0) is 19.3 Å². The van der Waals surface area contributed by atoms with Crippen LogP contribution < -0.4 is 10.6 Å². The number of carbonyl (C=O) groups is 2. The summed E-state index contributed by atoms with van der Waals surface area (Å²) in [6.07, 6.45) is 3.63. The Balaban J connectivity index is 2.15. The molecule has 5 nitrogen and oxygen atoms in total. The maximum Gasteiger partial charge on any atom is 0.246 e. The zero-order valence-electron chi connectivity index (χ0n) is 9.75. The Morgan fingerprint density at radius 3 is 3.12 bits per heavy atom. The first kappa shape index (κ1) is 13.0. The monoisotopic (exact) mass is 228 g/mol. The summed E-state index contributed by atoms with van der Waals surface area (Å²) in [4.78, 5) is 22.7. The highest BCUT2D eigenvalue weighted by Crippen LogP contribution is 2.02. The summed E-state index contributed by atoms with van der Waals surface area (Å²) in [5.41, 5.74) is 0. The van der Waals surface area contributed by atoms with Crippen molar-refractivity contribution < 1.29 is 14.3 Å². The number of carbonyl (C=O) groups excluding carboxylic acids is 2. The average Bonchev–Trinajstić information content (AvgIpc) is 2.28. The lowest BCUT2D eigenvalue weighted by Crippen LogP contribution is -2.51. The van der Waals surface area contributed by atoms with Crippen molar-refractivity contribution in [1.29, 1.82) is 0 Å². The van der Waals surface area contributed by atoms with Gasteiger partial charge in [-0.3, -0.25) is 9.59 Å². The summed E-state index contributed by atoms with van der Waals surface area (Å²) >= 11 is 0. The zero-order valence-corrected chi connectivity index (χ0v) is 9.75. The first-order valence-corrected chi connectivity index (χ1v) is 5.89. The lowest BCUT2D eigenvalue weighted by atomic mass is 10.1. The second-order valence-corrected chi connectivity index (χ2v) is 3.96. The molecule has 0 aromatic heterocycles. The maximum atomic E-state index is 11.4. The molecular weight excluding hydrogens is 208 g/mol. The van der Waals surface area contributed by atoms with Crippen molar-refractivity contribution in [3.8, 4) is 0 Å². The second kappa shape index (κ2) is 7.22. The van der Waals surface area contributed by atoms with Crippen molar-refractivity contribution in [2.75, 3.05) is 19.8 Å². The lowest BCUT2D eigenvalue weighted by Gasteiger charge is -2.22. The second-order valence-electron chi connectivity index (χ2n) is 3.96. The molecule has 0 aromatic rings. The zero-order chi connectivity index (χ0) is 11.8. The molecule has 1 rings (SSSR count). The number of hydrogen-bond acceptors (Lipinski definition) is 3. The molecule has 2 amide bonds. The topological polar surface area (TPSA) is 67.4 Å². The van der Waals surface area contributed by atoms with E-state index < -0.39 is 0 Å². The number of hydrogen-bond donors (Lipinski definition) is 2. The van der Waals surface area contributed by atoms with Gasteiger partial charge < -0.3 is 15.4 Å². The van der Waals surface area contributed by atoms with E-state index in [4.69, 9.17) is 4.74 Å². The summed E-state index contributed by atoms with van der Waals surface area (Å²) in [5.74, 6) is -0.300. The summed E-state index contributed by atoms with van der Waals surface area (Å²) < 4.78 is 5.17. The van der Waals surface area contributed by atoms with Crippen LogP contribution in [0.4, 0.5) is 0 Å². The number of amides is 2. The molecule has 1 aliphatic rings. The average molecular weight is 228 g/mol. The van der Waals surface area contributed by atoms with E-state index in [0.717, 1.165) is 19.3 Å². The van der Waals surface area contributed by atoms with Gasteiger partial charge in [-0.2, -0.15) is 0 Å². The predicted octanol–water partition coefficient (Wildman–Crippen LogP) is 0.198. The molecule has 16 heavy (non-hydrogen) atoms. The van der Waals surface area contributed by atoms with Gasteiger partial charge in [0.1, 0.15) is 12.6 Å². The van der Waals surface area contributed by atoms with E-state index in [-0.39, 0.29) is 24.5 Å². The molecule has 1 saturated heterocycles. The van der Waals surface area contributed by atoms with Crippen LogP contribution in [0.3, 0.4) is 0 Å². The van der Waals surface area contributed by atoms with Gasteiger partial charge in [0.2, 0.25) is 11.8 Å². The van der Waals surface area contributed by atoms with Gasteiger partial charge in [0, 0.05) is 13.2 Å². The summed E-state index contributed by atoms with van der Waals surface area (Å²) in [6, 6.07) is -0.379. The van der Waals surface area contributed by atoms with Crippen LogP contribution in [-0.4, -0.2) is 37.6 Å². The molecule has 0 unspecified atom stereocenters. The fourth-order valence-electron chi connectivity index (χ4n) is 1.56. The highest BCUT2D eigenvalue weighted by molar-refractivity contribution is 5.88. The molecule has 0 aromatic carbocycles. The Hall–Kier alpha value is -1.10. The van der Waals surface area contributed by atoms with Gasteiger partial charge in [0.25, 0.3) is 0 Å². The number of rotatable bonds is 6. The minimum atomic E-state index is -0.379. The third kappa shape index (κ3) is 4.61. The fourth-order valence-corrected chi connectivity index (χ4v) is 1.56. The van der Waals surface area contributed by atoms with Crippen molar-refractivity contribution in [3.63, 3.8) is 0 Å². The van der Waals surface area contributed by atoms with Gasteiger partial charge >= 0.3 is 0 Å². The van der Waals surface area contributed by atoms with Gasteiger partial charge in [0.05, 0.1) is 0 Å². The molecule has 0 bridgehead atoms.